The Morgan fingerprint density at radius 3 is 2.65 bits per heavy atom. The normalized spacial score (nSPS) is 10.8. The van der Waals surface area contributed by atoms with E-state index in [2.05, 4.69) is 10.4 Å². The minimum Gasteiger partial charge on any atom is -0.493 e. The van der Waals surface area contributed by atoms with Crippen molar-refractivity contribution in [1.82, 2.24) is 9.78 Å². The third-order valence-electron chi connectivity index (χ3n) is 3.74. The average molecular weight is 357 g/mol. The molecule has 1 amide bonds. The number of benzene rings is 1. The number of carbonyl (C=O) groups excluding carboxylic acids is 2. The van der Waals surface area contributed by atoms with Crippen LogP contribution in [-0.2, 0) is 21.4 Å². The molecule has 7 nitrogen and oxygen atoms in total. The molecule has 138 valence electrons. The van der Waals surface area contributed by atoms with E-state index in [0.29, 0.717) is 23.7 Å². The largest absolute Gasteiger partial charge is 0.493 e. The van der Waals surface area contributed by atoms with Gasteiger partial charge in [0.15, 0.2) is 6.61 Å². The van der Waals surface area contributed by atoms with Crippen molar-refractivity contribution in [2.75, 3.05) is 18.5 Å². The lowest BCUT2D eigenvalue weighted by Gasteiger charge is -2.07. The number of esters is 1. The summed E-state index contributed by atoms with van der Waals surface area (Å²) in [4.78, 5) is 23.8. The van der Waals surface area contributed by atoms with Gasteiger partial charge in [0.05, 0.1) is 23.7 Å². The highest BCUT2D eigenvalue weighted by atomic mass is 16.5. The Balaban J connectivity index is 1.89. The topological polar surface area (TPSA) is 82.4 Å². The molecule has 0 unspecified atom stereocenters. The Bertz CT molecular complexity index is 824. The number of para-hydroxylation sites is 1. The van der Waals surface area contributed by atoms with Crippen molar-refractivity contribution in [2.45, 2.75) is 20.8 Å². The van der Waals surface area contributed by atoms with Crippen molar-refractivity contribution in [3.8, 4) is 5.75 Å². The van der Waals surface area contributed by atoms with Crippen molar-refractivity contribution < 1.29 is 19.1 Å². The third-order valence-corrected chi connectivity index (χ3v) is 3.74. The van der Waals surface area contributed by atoms with Crippen LogP contribution in [0.15, 0.2) is 30.3 Å². The first kappa shape index (κ1) is 19.2. The molecule has 0 saturated heterocycles. The molecule has 7 heteroatoms. The maximum Gasteiger partial charge on any atom is 0.331 e. The minimum absolute atomic E-state index is 0.371. The Morgan fingerprint density at radius 1 is 1.27 bits per heavy atom. The van der Waals surface area contributed by atoms with E-state index in [0.717, 1.165) is 11.3 Å². The number of ether oxygens (including phenoxy) is 2. The fraction of sp³-hybridized carbons (Fsp3) is 0.316. The molecule has 1 heterocycles. The van der Waals surface area contributed by atoms with Gasteiger partial charge in [0, 0.05) is 18.7 Å². The number of hydrogen-bond acceptors (Lipinski definition) is 5. The van der Waals surface area contributed by atoms with Gasteiger partial charge in [-0.15, -0.1) is 0 Å². The zero-order valence-corrected chi connectivity index (χ0v) is 15.4. The molecule has 0 aliphatic carbocycles. The van der Waals surface area contributed by atoms with Crippen molar-refractivity contribution in [3.05, 3.63) is 47.3 Å². The second-order valence-electron chi connectivity index (χ2n) is 5.63. The number of carbonyl (C=O) groups is 2. The summed E-state index contributed by atoms with van der Waals surface area (Å²) in [6.45, 7) is 5.69. The van der Waals surface area contributed by atoms with Crippen LogP contribution in [-0.4, -0.2) is 34.9 Å². The van der Waals surface area contributed by atoms with Gasteiger partial charge < -0.3 is 14.8 Å². The fourth-order valence-corrected chi connectivity index (χ4v) is 2.38. The van der Waals surface area contributed by atoms with Crippen molar-refractivity contribution >= 4 is 23.6 Å². The Morgan fingerprint density at radius 2 is 2.00 bits per heavy atom. The highest BCUT2D eigenvalue weighted by molar-refractivity contribution is 5.95. The summed E-state index contributed by atoms with van der Waals surface area (Å²) in [6, 6.07) is 7.35. The van der Waals surface area contributed by atoms with E-state index >= 15 is 0 Å². The maximum atomic E-state index is 12.0. The number of aryl methyl sites for hydroxylation is 2. The molecule has 0 atom stereocenters. The van der Waals surface area contributed by atoms with Crippen LogP contribution in [0.4, 0.5) is 5.69 Å². The van der Waals surface area contributed by atoms with Gasteiger partial charge in [-0.25, -0.2) is 4.79 Å². The van der Waals surface area contributed by atoms with Crippen molar-refractivity contribution in [1.29, 1.82) is 0 Å². The van der Waals surface area contributed by atoms with Crippen LogP contribution in [0.25, 0.3) is 6.08 Å². The second kappa shape index (κ2) is 8.84. The molecule has 26 heavy (non-hydrogen) atoms. The van der Waals surface area contributed by atoms with Gasteiger partial charge in [0.25, 0.3) is 5.91 Å². The van der Waals surface area contributed by atoms with Crippen LogP contribution in [0.3, 0.4) is 0 Å². The van der Waals surface area contributed by atoms with Gasteiger partial charge in [-0.3, -0.25) is 9.48 Å². The maximum absolute atomic E-state index is 12.0. The van der Waals surface area contributed by atoms with Crippen LogP contribution in [0.5, 0.6) is 5.75 Å². The smallest absolute Gasteiger partial charge is 0.331 e. The lowest BCUT2D eigenvalue weighted by atomic mass is 10.2. The van der Waals surface area contributed by atoms with E-state index in [4.69, 9.17) is 9.47 Å². The lowest BCUT2D eigenvalue weighted by molar-refractivity contribution is -0.142. The van der Waals surface area contributed by atoms with Crippen molar-refractivity contribution in [3.63, 3.8) is 0 Å². The molecule has 1 N–H and O–H groups in total. The van der Waals surface area contributed by atoms with E-state index < -0.39 is 11.9 Å². The molecule has 1 aromatic carbocycles. The molecule has 0 radical (unpaired) electrons. The monoisotopic (exact) mass is 357 g/mol. The molecule has 2 rings (SSSR count). The third kappa shape index (κ3) is 4.95. The molecular formula is C19H23N3O4. The van der Waals surface area contributed by atoms with E-state index in [1.165, 1.54) is 6.08 Å². The summed E-state index contributed by atoms with van der Waals surface area (Å²) in [5.74, 6) is -0.342. The summed E-state index contributed by atoms with van der Waals surface area (Å²) in [5, 5.41) is 6.93. The van der Waals surface area contributed by atoms with E-state index in [1.807, 2.05) is 38.1 Å². The summed E-state index contributed by atoms with van der Waals surface area (Å²) in [5.41, 5.74) is 2.93. The first-order valence-corrected chi connectivity index (χ1v) is 8.29. The molecule has 0 spiro atoms. The standard InChI is InChI=1S/C19H23N3O4/c1-5-25-16-9-7-6-8-15(16)10-11-18(24)26-12-17(23)20-19-13(2)21-22(4)14(19)3/h6-11H,5,12H2,1-4H3,(H,20,23)/b11-10+. The quantitative estimate of drug-likeness (QED) is 0.608. The zero-order valence-electron chi connectivity index (χ0n) is 15.4. The highest BCUT2D eigenvalue weighted by Crippen LogP contribution is 2.19. The first-order chi connectivity index (χ1) is 12.4. The van der Waals surface area contributed by atoms with Gasteiger partial charge in [-0.2, -0.15) is 5.10 Å². The first-order valence-electron chi connectivity index (χ1n) is 8.29. The van der Waals surface area contributed by atoms with E-state index in [9.17, 15) is 9.59 Å². The van der Waals surface area contributed by atoms with E-state index in [1.54, 1.807) is 24.7 Å². The number of aromatic nitrogens is 2. The lowest BCUT2D eigenvalue weighted by Crippen LogP contribution is -2.20. The molecular weight excluding hydrogens is 334 g/mol. The summed E-state index contributed by atoms with van der Waals surface area (Å²) >= 11 is 0. The number of amides is 1. The molecule has 0 fully saturated rings. The van der Waals surface area contributed by atoms with Gasteiger partial charge in [0.2, 0.25) is 0 Å². The number of nitrogens with zero attached hydrogens (tertiary/aromatic N) is 2. The van der Waals surface area contributed by atoms with Gasteiger partial charge in [-0.05, 0) is 32.9 Å². The number of nitrogens with one attached hydrogen (secondary N) is 1. The number of anilines is 1. The Hall–Kier alpha value is -3.09. The SMILES string of the molecule is CCOc1ccccc1/C=C/C(=O)OCC(=O)Nc1c(C)nn(C)c1C. The summed E-state index contributed by atoms with van der Waals surface area (Å²) in [6.07, 6.45) is 2.87. The highest BCUT2D eigenvalue weighted by Gasteiger charge is 2.13. The van der Waals surface area contributed by atoms with Crippen LogP contribution < -0.4 is 10.1 Å². The molecule has 0 bridgehead atoms. The van der Waals surface area contributed by atoms with Crippen molar-refractivity contribution in [2.24, 2.45) is 7.05 Å². The molecule has 2 aromatic rings. The molecule has 0 saturated carbocycles. The number of rotatable bonds is 7. The molecule has 0 aliphatic heterocycles. The predicted octanol–water partition coefficient (Wildman–Crippen LogP) is 2.63. The van der Waals surface area contributed by atoms with Crippen LogP contribution >= 0.6 is 0 Å². The van der Waals surface area contributed by atoms with Gasteiger partial charge >= 0.3 is 5.97 Å². The van der Waals surface area contributed by atoms with Crippen LogP contribution in [0.2, 0.25) is 0 Å². The average Bonchev–Trinajstić information content (AvgIpc) is 2.85. The van der Waals surface area contributed by atoms with Crippen LogP contribution in [0, 0.1) is 13.8 Å². The predicted molar refractivity (Wildman–Crippen MR) is 98.9 cm³/mol. The Labute approximate surface area is 152 Å². The molecule has 0 aliphatic rings. The zero-order chi connectivity index (χ0) is 19.1. The van der Waals surface area contributed by atoms with Crippen LogP contribution in [0.1, 0.15) is 23.9 Å². The number of hydrogen-bond donors (Lipinski definition) is 1. The van der Waals surface area contributed by atoms with Gasteiger partial charge in [-0.1, -0.05) is 18.2 Å². The second-order valence-corrected chi connectivity index (χ2v) is 5.63. The van der Waals surface area contributed by atoms with Gasteiger partial charge in [0.1, 0.15) is 5.75 Å². The fourth-order valence-electron chi connectivity index (χ4n) is 2.38. The molecule has 1 aromatic heterocycles. The van der Waals surface area contributed by atoms with E-state index in [-0.39, 0.29) is 6.61 Å². The Kier molecular flexibility index (Phi) is 6.54. The minimum atomic E-state index is -0.605. The summed E-state index contributed by atoms with van der Waals surface area (Å²) in [7, 11) is 1.79. The summed E-state index contributed by atoms with van der Waals surface area (Å²) < 4.78 is 12.1.